The fraction of sp³-hybridized carbons (Fsp3) is 0.143. The average Bonchev–Trinajstić information content (AvgIpc) is 2.49. The molecule has 1 amide bonds. The van der Waals surface area contributed by atoms with Crippen LogP contribution in [0.2, 0.25) is 5.02 Å². The third kappa shape index (κ3) is 4.08. The Morgan fingerprint density at radius 3 is 2.74 bits per heavy atom. The number of hydrogen-bond acceptors (Lipinski definition) is 4. The highest BCUT2D eigenvalue weighted by molar-refractivity contribution is 14.1. The topological polar surface area (TPSA) is 94.2 Å². The van der Waals surface area contributed by atoms with Crippen molar-refractivity contribution < 1.29 is 9.72 Å². The van der Waals surface area contributed by atoms with E-state index in [4.69, 9.17) is 11.6 Å². The molecule has 0 fully saturated rings. The van der Waals surface area contributed by atoms with E-state index < -0.39 is 10.8 Å². The molecule has 1 aromatic carbocycles. The number of nitro benzene ring substituents is 1. The van der Waals surface area contributed by atoms with Crippen LogP contribution in [0, 0.1) is 20.6 Å². The largest absolute Gasteiger partial charge is 0.324 e. The molecule has 2 rings (SSSR count). The molecular weight excluding hydrogens is 437 g/mol. The number of nitrogens with one attached hydrogen (secondary N) is 1. The van der Waals surface area contributed by atoms with Crippen molar-refractivity contribution in [3.63, 3.8) is 0 Å². The maximum atomic E-state index is 12.1. The molecule has 7 nitrogen and oxygen atoms in total. The van der Waals surface area contributed by atoms with Crippen molar-refractivity contribution in [2.24, 2.45) is 0 Å². The fourth-order valence-electron chi connectivity index (χ4n) is 1.92. The summed E-state index contributed by atoms with van der Waals surface area (Å²) < 4.78 is 2.19. The van der Waals surface area contributed by atoms with Gasteiger partial charge in [-0.05, 0) is 47.7 Å². The van der Waals surface area contributed by atoms with Gasteiger partial charge < -0.3 is 9.88 Å². The second kappa shape index (κ2) is 7.09. The number of nitrogens with zero attached hydrogens (tertiary/aromatic N) is 2. The van der Waals surface area contributed by atoms with Gasteiger partial charge in [-0.25, -0.2) is 0 Å². The summed E-state index contributed by atoms with van der Waals surface area (Å²) in [6, 6.07) is 7.02. The lowest BCUT2D eigenvalue weighted by Gasteiger charge is -2.11. The summed E-state index contributed by atoms with van der Waals surface area (Å²) in [5.41, 5.74) is 0.324. The standard InChI is InChI=1S/C14H11ClIN3O4/c1-8-11(16)4-5-14(21)18(8)7-13(20)17-9-2-3-10(15)12(6-9)19(22)23/h2-6H,7H2,1H3,(H,17,20). The quantitative estimate of drug-likeness (QED) is 0.443. The monoisotopic (exact) mass is 447 g/mol. The molecule has 0 aliphatic heterocycles. The zero-order valence-corrected chi connectivity index (χ0v) is 14.8. The summed E-state index contributed by atoms with van der Waals surface area (Å²) in [6.45, 7) is 1.56. The van der Waals surface area contributed by atoms with Crippen molar-refractivity contribution >= 4 is 51.5 Å². The minimum Gasteiger partial charge on any atom is -0.324 e. The van der Waals surface area contributed by atoms with Gasteiger partial charge in [-0.3, -0.25) is 19.7 Å². The molecule has 0 saturated heterocycles. The third-order valence-electron chi connectivity index (χ3n) is 3.12. The first-order valence-corrected chi connectivity index (χ1v) is 7.85. The lowest BCUT2D eigenvalue weighted by molar-refractivity contribution is -0.384. The van der Waals surface area contributed by atoms with Gasteiger partial charge in [0.15, 0.2) is 0 Å². The summed E-state index contributed by atoms with van der Waals surface area (Å²) in [5, 5.41) is 13.3. The number of carbonyl (C=O) groups excluding carboxylic acids is 1. The van der Waals surface area contributed by atoms with Crippen molar-refractivity contribution in [1.82, 2.24) is 4.57 Å². The van der Waals surface area contributed by atoms with Gasteiger partial charge in [0.25, 0.3) is 11.2 Å². The summed E-state index contributed by atoms with van der Waals surface area (Å²) in [4.78, 5) is 34.1. The van der Waals surface area contributed by atoms with Crippen LogP contribution in [-0.4, -0.2) is 15.4 Å². The Morgan fingerprint density at radius 1 is 1.39 bits per heavy atom. The van der Waals surface area contributed by atoms with Gasteiger partial charge in [-0.2, -0.15) is 0 Å². The zero-order valence-electron chi connectivity index (χ0n) is 11.9. The van der Waals surface area contributed by atoms with Crippen molar-refractivity contribution in [2.45, 2.75) is 13.5 Å². The third-order valence-corrected chi connectivity index (χ3v) is 4.58. The van der Waals surface area contributed by atoms with E-state index in [2.05, 4.69) is 27.9 Å². The van der Waals surface area contributed by atoms with Crippen LogP contribution in [0.3, 0.4) is 0 Å². The van der Waals surface area contributed by atoms with Crippen LogP contribution in [0.5, 0.6) is 0 Å². The van der Waals surface area contributed by atoms with Crippen LogP contribution < -0.4 is 10.9 Å². The summed E-state index contributed by atoms with van der Waals surface area (Å²) in [7, 11) is 0. The predicted octanol–water partition coefficient (Wildman–Crippen LogP) is 2.96. The Hall–Kier alpha value is -1.94. The molecule has 0 radical (unpaired) electrons. The normalized spacial score (nSPS) is 10.4. The number of aromatic nitrogens is 1. The SMILES string of the molecule is Cc1c(I)ccc(=O)n1CC(=O)Nc1ccc(Cl)c([N+](=O)[O-])c1. The van der Waals surface area contributed by atoms with Crippen LogP contribution in [-0.2, 0) is 11.3 Å². The van der Waals surface area contributed by atoms with E-state index in [1.54, 1.807) is 13.0 Å². The summed E-state index contributed by atoms with van der Waals surface area (Å²) in [6.07, 6.45) is 0. The number of amides is 1. The Bertz CT molecular complexity index is 850. The van der Waals surface area contributed by atoms with E-state index in [1.165, 1.54) is 28.8 Å². The number of benzene rings is 1. The maximum Gasteiger partial charge on any atom is 0.289 e. The van der Waals surface area contributed by atoms with Gasteiger partial charge in [0, 0.05) is 27.1 Å². The first-order chi connectivity index (χ1) is 10.8. The second-order valence-corrected chi connectivity index (χ2v) is 6.23. The van der Waals surface area contributed by atoms with E-state index in [0.29, 0.717) is 5.69 Å². The Labute approximate surface area is 149 Å². The van der Waals surface area contributed by atoms with Gasteiger partial charge in [0.1, 0.15) is 11.6 Å². The maximum absolute atomic E-state index is 12.1. The highest BCUT2D eigenvalue weighted by atomic mass is 127. The van der Waals surface area contributed by atoms with E-state index in [1.807, 2.05) is 0 Å². The summed E-state index contributed by atoms with van der Waals surface area (Å²) >= 11 is 7.79. The van der Waals surface area contributed by atoms with Crippen LogP contribution in [0.15, 0.2) is 35.1 Å². The molecule has 0 atom stereocenters. The van der Waals surface area contributed by atoms with Crippen molar-refractivity contribution in [1.29, 1.82) is 0 Å². The number of pyridine rings is 1. The highest BCUT2D eigenvalue weighted by Gasteiger charge is 2.15. The molecule has 0 unspecified atom stereocenters. The minimum atomic E-state index is -0.633. The Balaban J connectivity index is 2.21. The van der Waals surface area contributed by atoms with E-state index in [0.717, 1.165) is 3.57 Å². The van der Waals surface area contributed by atoms with Gasteiger partial charge in [0.05, 0.1) is 4.92 Å². The van der Waals surface area contributed by atoms with Gasteiger partial charge in [0.2, 0.25) is 5.91 Å². The molecule has 23 heavy (non-hydrogen) atoms. The van der Waals surface area contributed by atoms with Gasteiger partial charge in [-0.1, -0.05) is 11.6 Å². The molecule has 2 aromatic rings. The molecule has 0 aliphatic carbocycles. The molecule has 120 valence electrons. The van der Waals surface area contributed by atoms with Crippen LogP contribution in [0.4, 0.5) is 11.4 Å². The molecule has 9 heteroatoms. The Kier molecular flexibility index (Phi) is 5.37. The van der Waals surface area contributed by atoms with Crippen LogP contribution in [0.1, 0.15) is 5.69 Å². The molecule has 0 aliphatic rings. The molecule has 0 saturated carbocycles. The van der Waals surface area contributed by atoms with Crippen molar-refractivity contribution in [2.75, 3.05) is 5.32 Å². The minimum absolute atomic E-state index is 0.0160. The number of nitro groups is 1. The predicted molar refractivity (Wildman–Crippen MR) is 94.9 cm³/mol. The smallest absolute Gasteiger partial charge is 0.289 e. The molecule has 1 N–H and O–H groups in total. The fourth-order valence-corrected chi connectivity index (χ4v) is 2.58. The van der Waals surface area contributed by atoms with Gasteiger partial charge in [-0.15, -0.1) is 0 Å². The van der Waals surface area contributed by atoms with Crippen LogP contribution in [0.25, 0.3) is 0 Å². The number of anilines is 1. The number of halogens is 2. The lowest BCUT2D eigenvalue weighted by atomic mass is 10.2. The second-order valence-electron chi connectivity index (χ2n) is 4.66. The zero-order chi connectivity index (χ0) is 17.1. The molecule has 0 bridgehead atoms. The molecule has 1 heterocycles. The molecule has 1 aromatic heterocycles. The van der Waals surface area contributed by atoms with Crippen LogP contribution >= 0.6 is 34.2 Å². The van der Waals surface area contributed by atoms with Gasteiger partial charge >= 0.3 is 0 Å². The van der Waals surface area contributed by atoms with E-state index >= 15 is 0 Å². The van der Waals surface area contributed by atoms with Crippen molar-refractivity contribution in [3.8, 4) is 0 Å². The molecular formula is C14H11ClIN3O4. The number of hydrogen-bond donors (Lipinski definition) is 1. The number of rotatable bonds is 4. The van der Waals surface area contributed by atoms with E-state index in [-0.39, 0.29) is 28.5 Å². The number of carbonyl (C=O) groups is 1. The highest BCUT2D eigenvalue weighted by Crippen LogP contribution is 2.27. The van der Waals surface area contributed by atoms with E-state index in [9.17, 15) is 19.7 Å². The first kappa shape index (κ1) is 17.4. The Morgan fingerprint density at radius 2 is 2.09 bits per heavy atom. The molecule has 0 spiro atoms. The lowest BCUT2D eigenvalue weighted by Crippen LogP contribution is -2.29. The summed E-state index contributed by atoms with van der Waals surface area (Å²) in [5.74, 6) is -0.464. The van der Waals surface area contributed by atoms with Crippen molar-refractivity contribution in [3.05, 3.63) is 65.1 Å². The first-order valence-electron chi connectivity index (χ1n) is 6.39. The average molecular weight is 448 g/mol.